The summed E-state index contributed by atoms with van der Waals surface area (Å²) in [5.74, 6) is -0.0126. The lowest BCUT2D eigenvalue weighted by molar-refractivity contribution is -0.0878. The normalized spacial score (nSPS) is 26.9. The summed E-state index contributed by atoms with van der Waals surface area (Å²) in [7, 11) is 0. The molecule has 1 fully saturated rings. The topological polar surface area (TPSA) is 63.9 Å². The van der Waals surface area contributed by atoms with E-state index in [2.05, 4.69) is 37.8 Å². The predicted molar refractivity (Wildman–Crippen MR) is 108 cm³/mol. The minimum absolute atomic E-state index is 0.0186. The Morgan fingerprint density at radius 1 is 1.00 bits per heavy atom. The van der Waals surface area contributed by atoms with Crippen molar-refractivity contribution >= 4 is 0 Å². The first-order chi connectivity index (χ1) is 12.8. The Morgan fingerprint density at radius 2 is 1.63 bits per heavy atom. The SMILES string of the molecule is CC(C)(C)C1C(O)C(c2ccc(O)cc2)C(CO)CN1Cc1ccccc1. The van der Waals surface area contributed by atoms with Gasteiger partial charge in [0.15, 0.2) is 0 Å². The number of likely N-dealkylation sites (tertiary alicyclic amines) is 1. The summed E-state index contributed by atoms with van der Waals surface area (Å²) in [5.41, 5.74) is 2.05. The van der Waals surface area contributed by atoms with Gasteiger partial charge in [0.25, 0.3) is 0 Å². The summed E-state index contributed by atoms with van der Waals surface area (Å²) in [6.45, 7) is 7.96. The Balaban J connectivity index is 1.95. The largest absolute Gasteiger partial charge is 0.508 e. The molecule has 3 rings (SSSR count). The fourth-order valence-electron chi connectivity index (χ4n) is 4.60. The van der Waals surface area contributed by atoms with Crippen LogP contribution in [0.1, 0.15) is 37.8 Å². The van der Waals surface area contributed by atoms with Crippen LogP contribution in [0.2, 0.25) is 0 Å². The van der Waals surface area contributed by atoms with Crippen LogP contribution in [0.4, 0.5) is 0 Å². The van der Waals surface area contributed by atoms with Crippen molar-refractivity contribution in [2.45, 2.75) is 45.4 Å². The number of benzene rings is 2. The molecule has 1 aliphatic heterocycles. The van der Waals surface area contributed by atoms with Gasteiger partial charge in [0.2, 0.25) is 0 Å². The van der Waals surface area contributed by atoms with E-state index in [1.54, 1.807) is 12.1 Å². The monoisotopic (exact) mass is 369 g/mol. The van der Waals surface area contributed by atoms with E-state index in [0.29, 0.717) is 0 Å². The summed E-state index contributed by atoms with van der Waals surface area (Å²) in [6, 6.07) is 17.3. The van der Waals surface area contributed by atoms with Crippen LogP contribution in [0, 0.1) is 11.3 Å². The first-order valence-corrected chi connectivity index (χ1v) is 9.67. The molecule has 1 heterocycles. The highest BCUT2D eigenvalue weighted by atomic mass is 16.3. The third kappa shape index (κ3) is 4.34. The van der Waals surface area contributed by atoms with E-state index in [-0.39, 0.29) is 35.6 Å². The van der Waals surface area contributed by atoms with Crippen molar-refractivity contribution in [2.75, 3.05) is 13.2 Å². The van der Waals surface area contributed by atoms with Crippen molar-refractivity contribution in [3.63, 3.8) is 0 Å². The molecule has 4 unspecified atom stereocenters. The van der Waals surface area contributed by atoms with E-state index < -0.39 is 6.10 Å². The molecule has 27 heavy (non-hydrogen) atoms. The van der Waals surface area contributed by atoms with Crippen molar-refractivity contribution in [1.29, 1.82) is 0 Å². The van der Waals surface area contributed by atoms with Crippen LogP contribution in [0.25, 0.3) is 0 Å². The number of aromatic hydroxyl groups is 1. The van der Waals surface area contributed by atoms with Gasteiger partial charge in [-0.25, -0.2) is 0 Å². The Hall–Kier alpha value is -1.88. The van der Waals surface area contributed by atoms with Gasteiger partial charge in [0.05, 0.1) is 6.10 Å². The minimum atomic E-state index is -0.607. The fourth-order valence-corrected chi connectivity index (χ4v) is 4.60. The number of hydrogen-bond donors (Lipinski definition) is 3. The number of piperidine rings is 1. The molecule has 146 valence electrons. The molecule has 1 aliphatic rings. The van der Waals surface area contributed by atoms with Crippen LogP contribution in [0.3, 0.4) is 0 Å². The van der Waals surface area contributed by atoms with Gasteiger partial charge >= 0.3 is 0 Å². The lowest BCUT2D eigenvalue weighted by atomic mass is 9.69. The second-order valence-corrected chi connectivity index (χ2v) is 8.78. The number of phenolic OH excluding ortho intramolecular Hbond substituents is 1. The molecule has 4 atom stereocenters. The molecule has 3 N–H and O–H groups in total. The highest BCUT2D eigenvalue weighted by Gasteiger charge is 2.47. The van der Waals surface area contributed by atoms with Crippen LogP contribution in [-0.4, -0.2) is 45.5 Å². The van der Waals surface area contributed by atoms with Crippen molar-refractivity contribution in [1.82, 2.24) is 4.90 Å². The van der Waals surface area contributed by atoms with E-state index in [0.717, 1.165) is 18.7 Å². The van der Waals surface area contributed by atoms with Crippen LogP contribution in [0.5, 0.6) is 5.75 Å². The molecule has 0 aliphatic carbocycles. The smallest absolute Gasteiger partial charge is 0.115 e. The lowest BCUT2D eigenvalue weighted by Crippen LogP contribution is -2.60. The van der Waals surface area contributed by atoms with Crippen molar-refractivity contribution < 1.29 is 15.3 Å². The Kier molecular flexibility index (Phi) is 5.89. The van der Waals surface area contributed by atoms with Gasteiger partial charge in [-0.05, 0) is 28.7 Å². The van der Waals surface area contributed by atoms with Gasteiger partial charge in [-0.3, -0.25) is 4.90 Å². The molecule has 0 spiro atoms. The molecule has 2 aromatic rings. The molecule has 0 saturated carbocycles. The average molecular weight is 370 g/mol. The number of aliphatic hydroxyl groups is 2. The van der Waals surface area contributed by atoms with Crippen LogP contribution in [-0.2, 0) is 6.54 Å². The van der Waals surface area contributed by atoms with Crippen molar-refractivity contribution in [3.8, 4) is 5.75 Å². The van der Waals surface area contributed by atoms with Crippen LogP contribution < -0.4 is 0 Å². The highest BCUT2D eigenvalue weighted by molar-refractivity contribution is 5.31. The van der Waals surface area contributed by atoms with E-state index in [1.165, 1.54) is 5.56 Å². The molecule has 0 aromatic heterocycles. The van der Waals surface area contributed by atoms with Gasteiger partial charge in [0, 0.05) is 37.6 Å². The molecule has 4 heteroatoms. The van der Waals surface area contributed by atoms with E-state index in [9.17, 15) is 15.3 Å². The molecule has 4 nitrogen and oxygen atoms in total. The predicted octanol–water partition coefficient (Wildman–Crippen LogP) is 3.38. The number of rotatable bonds is 4. The average Bonchev–Trinajstić information content (AvgIpc) is 2.62. The Morgan fingerprint density at radius 3 is 2.19 bits per heavy atom. The second-order valence-electron chi connectivity index (χ2n) is 8.78. The first-order valence-electron chi connectivity index (χ1n) is 9.67. The Labute approximate surface area is 162 Å². The molecular formula is C23H31NO3. The van der Waals surface area contributed by atoms with Gasteiger partial charge in [-0.1, -0.05) is 63.2 Å². The zero-order valence-corrected chi connectivity index (χ0v) is 16.4. The maximum atomic E-state index is 11.4. The van der Waals surface area contributed by atoms with E-state index in [4.69, 9.17) is 0 Å². The standard InChI is InChI=1S/C23H31NO3/c1-23(2,3)22-21(27)20(17-9-11-19(26)12-10-17)18(15-25)14-24(22)13-16-7-5-4-6-8-16/h4-12,18,20-22,25-27H,13-15H2,1-3H3. The van der Waals surface area contributed by atoms with Gasteiger partial charge in [0.1, 0.15) is 5.75 Å². The maximum Gasteiger partial charge on any atom is 0.115 e. The van der Waals surface area contributed by atoms with Crippen LogP contribution in [0.15, 0.2) is 54.6 Å². The van der Waals surface area contributed by atoms with Crippen LogP contribution >= 0.6 is 0 Å². The third-order valence-corrected chi connectivity index (χ3v) is 5.69. The molecule has 2 aromatic carbocycles. The number of hydrogen-bond acceptors (Lipinski definition) is 4. The summed E-state index contributed by atoms with van der Waals surface area (Å²) in [6.07, 6.45) is -0.607. The molecule has 0 bridgehead atoms. The van der Waals surface area contributed by atoms with Gasteiger partial charge in [-0.15, -0.1) is 0 Å². The zero-order chi connectivity index (χ0) is 19.6. The maximum absolute atomic E-state index is 11.4. The minimum Gasteiger partial charge on any atom is -0.508 e. The van der Waals surface area contributed by atoms with Gasteiger partial charge in [-0.2, -0.15) is 0 Å². The van der Waals surface area contributed by atoms with E-state index >= 15 is 0 Å². The summed E-state index contributed by atoms with van der Waals surface area (Å²) >= 11 is 0. The second kappa shape index (κ2) is 8.01. The summed E-state index contributed by atoms with van der Waals surface area (Å²) in [4.78, 5) is 2.32. The number of phenols is 1. The zero-order valence-electron chi connectivity index (χ0n) is 16.4. The van der Waals surface area contributed by atoms with Gasteiger partial charge < -0.3 is 15.3 Å². The number of nitrogens with zero attached hydrogens (tertiary/aromatic N) is 1. The first kappa shape index (κ1) is 19.9. The quantitative estimate of drug-likeness (QED) is 0.773. The molecule has 1 saturated heterocycles. The molecule has 0 amide bonds. The molecular weight excluding hydrogens is 338 g/mol. The highest BCUT2D eigenvalue weighted by Crippen LogP contribution is 2.42. The fraction of sp³-hybridized carbons (Fsp3) is 0.478. The summed E-state index contributed by atoms with van der Waals surface area (Å²) in [5, 5.41) is 31.1. The molecule has 0 radical (unpaired) electrons. The van der Waals surface area contributed by atoms with Crippen molar-refractivity contribution in [3.05, 3.63) is 65.7 Å². The lowest BCUT2D eigenvalue weighted by Gasteiger charge is -2.52. The Bertz CT molecular complexity index is 724. The van der Waals surface area contributed by atoms with Crippen molar-refractivity contribution in [2.24, 2.45) is 11.3 Å². The number of aliphatic hydroxyl groups excluding tert-OH is 2. The van der Waals surface area contributed by atoms with E-state index in [1.807, 2.05) is 30.3 Å². The third-order valence-electron chi connectivity index (χ3n) is 5.69. The summed E-state index contributed by atoms with van der Waals surface area (Å²) < 4.78 is 0.